The van der Waals surface area contributed by atoms with E-state index in [1.165, 1.54) is 0 Å². The number of benzene rings is 2. The van der Waals surface area contributed by atoms with Gasteiger partial charge in [-0.25, -0.2) is 4.98 Å². The minimum absolute atomic E-state index is 0.123. The normalized spacial score (nSPS) is 17.9. The summed E-state index contributed by atoms with van der Waals surface area (Å²) in [7, 11) is 1.65. The average Bonchev–Trinajstić information content (AvgIpc) is 3.61. The number of ether oxygens (including phenoxy) is 1. The van der Waals surface area contributed by atoms with Gasteiger partial charge >= 0.3 is 0 Å². The molecular weight excluding hydrogens is 526 g/mol. The molecule has 8 heteroatoms. The van der Waals surface area contributed by atoms with Gasteiger partial charge in [-0.3, -0.25) is 9.59 Å². The third kappa shape index (κ3) is 6.99. The molecule has 3 aromatic rings. The molecule has 8 nitrogen and oxygen atoms in total. The molecule has 2 aliphatic rings. The molecule has 4 N–H and O–H groups in total. The molecule has 0 saturated carbocycles. The maximum atomic E-state index is 11.5. The summed E-state index contributed by atoms with van der Waals surface area (Å²) in [5.41, 5.74) is 8.46. The zero-order valence-corrected chi connectivity index (χ0v) is 24.6. The van der Waals surface area contributed by atoms with Crippen LogP contribution in [0.2, 0.25) is 0 Å². The van der Waals surface area contributed by atoms with Gasteiger partial charge in [0.15, 0.2) is 0 Å². The summed E-state index contributed by atoms with van der Waals surface area (Å²) in [6.45, 7) is 6.89. The summed E-state index contributed by atoms with van der Waals surface area (Å²) in [5.74, 6) is 7.41. The van der Waals surface area contributed by atoms with E-state index in [1.54, 1.807) is 7.11 Å². The van der Waals surface area contributed by atoms with Crippen LogP contribution < -0.4 is 26.0 Å². The predicted octanol–water partition coefficient (Wildman–Crippen LogP) is 3.63. The van der Waals surface area contributed by atoms with Gasteiger partial charge in [-0.15, -0.1) is 0 Å². The molecule has 0 radical (unpaired) electrons. The Balaban J connectivity index is 1.29. The van der Waals surface area contributed by atoms with Crippen LogP contribution in [0.1, 0.15) is 47.9 Å². The van der Waals surface area contributed by atoms with Crippen LogP contribution in [0.15, 0.2) is 48.5 Å². The van der Waals surface area contributed by atoms with Gasteiger partial charge in [0.25, 0.3) is 0 Å². The minimum atomic E-state index is 0.123. The van der Waals surface area contributed by atoms with E-state index in [0.29, 0.717) is 31.8 Å². The van der Waals surface area contributed by atoms with E-state index in [1.807, 2.05) is 6.07 Å². The minimum Gasteiger partial charge on any atom is -0.481 e. The fraction of sp³-hybridized carbons (Fsp3) is 0.382. The van der Waals surface area contributed by atoms with E-state index in [-0.39, 0.29) is 23.9 Å². The first-order valence-electron chi connectivity index (χ1n) is 14.7. The predicted molar refractivity (Wildman–Crippen MR) is 165 cm³/mol. The van der Waals surface area contributed by atoms with Gasteiger partial charge in [-0.2, -0.15) is 0 Å². The summed E-state index contributed by atoms with van der Waals surface area (Å²) < 4.78 is 5.67. The summed E-state index contributed by atoms with van der Waals surface area (Å²) in [4.78, 5) is 27.7. The van der Waals surface area contributed by atoms with Gasteiger partial charge < -0.3 is 26.0 Å². The third-order valence-electron chi connectivity index (χ3n) is 8.07. The van der Waals surface area contributed by atoms with E-state index < -0.39 is 0 Å². The molecular formula is C34H39N5O3. The van der Waals surface area contributed by atoms with Crippen LogP contribution in [0.25, 0.3) is 22.4 Å². The average molecular weight is 566 g/mol. The van der Waals surface area contributed by atoms with Gasteiger partial charge in [0.05, 0.1) is 19.3 Å². The number of hydrogen-bond acceptors (Lipinski definition) is 6. The number of carbonyl (C=O) groups is 2. The summed E-state index contributed by atoms with van der Waals surface area (Å²) in [6, 6.07) is 17.1. The van der Waals surface area contributed by atoms with Crippen LogP contribution in [-0.2, 0) is 16.1 Å². The van der Waals surface area contributed by atoms with Crippen LogP contribution in [0, 0.1) is 25.7 Å². The van der Waals surface area contributed by atoms with Crippen molar-refractivity contribution in [2.45, 2.75) is 58.2 Å². The van der Waals surface area contributed by atoms with E-state index in [9.17, 15) is 9.59 Å². The molecule has 42 heavy (non-hydrogen) atoms. The Labute approximate surface area is 248 Å². The second-order valence-corrected chi connectivity index (χ2v) is 11.0. The van der Waals surface area contributed by atoms with Crippen molar-refractivity contribution in [3.63, 3.8) is 0 Å². The summed E-state index contributed by atoms with van der Waals surface area (Å²) in [6.07, 6.45) is 2.96. The van der Waals surface area contributed by atoms with E-state index in [2.05, 4.69) is 89.4 Å². The lowest BCUT2D eigenvalue weighted by Gasteiger charge is -2.16. The highest BCUT2D eigenvalue weighted by molar-refractivity contribution is 5.80. The van der Waals surface area contributed by atoms with Gasteiger partial charge in [0.1, 0.15) is 0 Å². The maximum absolute atomic E-state index is 11.5. The molecule has 2 aliphatic heterocycles. The molecule has 0 spiro atoms. The van der Waals surface area contributed by atoms with Crippen LogP contribution >= 0.6 is 0 Å². The topological polar surface area (TPSA) is 104 Å². The Kier molecular flexibility index (Phi) is 9.52. The third-order valence-corrected chi connectivity index (χ3v) is 8.07. The number of hydrogen-bond donors (Lipinski definition) is 4. The fourth-order valence-electron chi connectivity index (χ4n) is 5.69. The molecule has 218 valence electrons. The van der Waals surface area contributed by atoms with Crippen LogP contribution in [0.4, 0.5) is 0 Å². The lowest BCUT2D eigenvalue weighted by atomic mass is 9.90. The first-order chi connectivity index (χ1) is 20.4. The molecule has 0 bridgehead atoms. The molecule has 2 fully saturated rings. The Morgan fingerprint density at radius 2 is 1.50 bits per heavy atom. The highest BCUT2D eigenvalue weighted by Crippen LogP contribution is 2.34. The SMILES string of the molecule is COc1nc(-c2cccc(-c3cccc(C#CCNC[C@@H]4CCC(=O)N4)c3C)c2C)ccc1CNC[C@@H]1CCC(=O)N1. The zero-order valence-electron chi connectivity index (χ0n) is 24.6. The number of carbonyl (C=O) groups excluding carboxylic acids is 2. The first-order valence-corrected chi connectivity index (χ1v) is 14.7. The van der Waals surface area contributed by atoms with Crippen molar-refractivity contribution in [3.8, 4) is 40.1 Å². The number of amides is 2. The van der Waals surface area contributed by atoms with Crippen molar-refractivity contribution >= 4 is 11.8 Å². The standard InChI is InChI=1S/C34H39N5O3/c1-22-24(8-6-18-35-20-26-13-16-32(40)37-26)7-4-9-28(22)29-10-5-11-30(23(29)2)31-15-12-25(34(39-31)42-3)19-36-21-27-14-17-33(41)38-27/h4-5,7,9-12,15,26-27,35-36H,13-14,16-21H2,1-3H3,(H,37,40)(H,38,41)/t26-,27-/m0/s1. The largest absolute Gasteiger partial charge is 0.481 e. The zero-order chi connectivity index (χ0) is 29.5. The molecule has 2 amide bonds. The second kappa shape index (κ2) is 13.6. The quantitative estimate of drug-likeness (QED) is 0.221. The van der Waals surface area contributed by atoms with E-state index >= 15 is 0 Å². The monoisotopic (exact) mass is 565 g/mol. The lowest BCUT2D eigenvalue weighted by Crippen LogP contribution is -2.35. The second-order valence-electron chi connectivity index (χ2n) is 11.0. The molecule has 0 aliphatic carbocycles. The number of nitrogens with one attached hydrogen (secondary N) is 4. The van der Waals surface area contributed by atoms with Crippen LogP contribution in [-0.4, -0.2) is 55.6 Å². The number of aromatic nitrogens is 1. The molecule has 0 unspecified atom stereocenters. The molecule has 2 aromatic carbocycles. The lowest BCUT2D eigenvalue weighted by molar-refractivity contribution is -0.120. The molecule has 3 heterocycles. The summed E-state index contributed by atoms with van der Waals surface area (Å²) >= 11 is 0. The Morgan fingerprint density at radius 3 is 2.17 bits per heavy atom. The number of nitrogens with zero attached hydrogens (tertiary/aromatic N) is 1. The van der Waals surface area contributed by atoms with Crippen molar-refractivity contribution < 1.29 is 14.3 Å². The van der Waals surface area contributed by atoms with E-state index in [4.69, 9.17) is 9.72 Å². The van der Waals surface area contributed by atoms with Crippen molar-refractivity contribution in [3.05, 3.63) is 70.8 Å². The van der Waals surface area contributed by atoms with Gasteiger partial charge in [-0.05, 0) is 61.1 Å². The Hall–Kier alpha value is -4.19. The molecule has 5 rings (SSSR count). The molecule has 2 atom stereocenters. The smallest absolute Gasteiger partial charge is 0.220 e. The van der Waals surface area contributed by atoms with Crippen molar-refractivity contribution in [2.24, 2.45) is 0 Å². The molecule has 1 aromatic heterocycles. The van der Waals surface area contributed by atoms with Crippen LogP contribution in [0.5, 0.6) is 5.88 Å². The van der Waals surface area contributed by atoms with Crippen molar-refractivity contribution in [1.82, 2.24) is 26.3 Å². The number of rotatable bonds is 10. The van der Waals surface area contributed by atoms with Crippen molar-refractivity contribution in [2.75, 3.05) is 26.7 Å². The van der Waals surface area contributed by atoms with Gasteiger partial charge in [0, 0.05) is 61.2 Å². The first kappa shape index (κ1) is 29.3. The Bertz CT molecular complexity index is 1520. The fourth-order valence-corrected chi connectivity index (χ4v) is 5.69. The van der Waals surface area contributed by atoms with Gasteiger partial charge in [0.2, 0.25) is 17.7 Å². The van der Waals surface area contributed by atoms with E-state index in [0.717, 1.165) is 70.6 Å². The molecule has 2 saturated heterocycles. The van der Waals surface area contributed by atoms with Gasteiger partial charge in [-0.1, -0.05) is 48.2 Å². The maximum Gasteiger partial charge on any atom is 0.220 e. The number of methoxy groups -OCH3 is 1. The van der Waals surface area contributed by atoms with Crippen molar-refractivity contribution in [1.29, 1.82) is 0 Å². The summed E-state index contributed by atoms with van der Waals surface area (Å²) in [5, 5.41) is 12.7. The Morgan fingerprint density at radius 1 is 0.857 bits per heavy atom. The number of pyridine rings is 1. The van der Waals surface area contributed by atoms with Crippen LogP contribution in [0.3, 0.4) is 0 Å². The highest BCUT2D eigenvalue weighted by Gasteiger charge is 2.21. The highest BCUT2D eigenvalue weighted by atomic mass is 16.5.